The lowest BCUT2D eigenvalue weighted by Crippen LogP contribution is -2.44. The lowest BCUT2D eigenvalue weighted by molar-refractivity contribution is -0.283. The van der Waals surface area contributed by atoms with Crippen molar-refractivity contribution in [3.63, 3.8) is 0 Å². The summed E-state index contributed by atoms with van der Waals surface area (Å²) in [5, 5.41) is 1.14. The Balaban J connectivity index is 2.94. The Morgan fingerprint density at radius 2 is 1.85 bits per heavy atom. The second-order valence-corrected chi connectivity index (χ2v) is 4.18. The third-order valence-corrected chi connectivity index (χ3v) is 2.65. The summed E-state index contributed by atoms with van der Waals surface area (Å²) >= 11 is 0. The smallest absolute Gasteiger partial charge is 0.381 e. The van der Waals surface area contributed by atoms with Crippen LogP contribution in [0.1, 0.15) is 27.2 Å². The van der Waals surface area contributed by atoms with Crippen molar-refractivity contribution in [1.82, 2.24) is 5.06 Å². The zero-order valence-corrected chi connectivity index (χ0v) is 12.0. The minimum Gasteiger partial charge on any atom is -0.465 e. The lowest BCUT2D eigenvalue weighted by Gasteiger charge is -2.24. The predicted octanol–water partition coefficient (Wildman–Crippen LogP) is 0.00770. The molecule has 0 aromatic carbocycles. The number of nitrogens with zero attached hydrogens (tertiary/aromatic N) is 1. The van der Waals surface area contributed by atoms with Gasteiger partial charge in [0, 0.05) is 14.0 Å². The molecule has 0 saturated carbocycles. The quantitative estimate of drug-likeness (QED) is 0.516. The van der Waals surface area contributed by atoms with E-state index in [1.54, 1.807) is 13.8 Å². The number of esters is 3. The summed E-state index contributed by atoms with van der Waals surface area (Å²) < 4.78 is 14.7. The summed E-state index contributed by atoms with van der Waals surface area (Å²) in [6.45, 7) is 4.71. The third-order valence-electron chi connectivity index (χ3n) is 2.65. The number of rotatable bonds is 5. The number of hydrogen-bond donors (Lipinski definition) is 0. The van der Waals surface area contributed by atoms with Gasteiger partial charge in [-0.25, -0.2) is 9.63 Å². The fourth-order valence-corrected chi connectivity index (χ4v) is 1.88. The monoisotopic (exact) mass is 289 g/mol. The number of hydroxylamine groups is 2. The molecule has 1 fully saturated rings. The molecule has 1 rings (SSSR count). The average Bonchev–Trinajstić information content (AvgIpc) is 2.67. The first-order valence-electron chi connectivity index (χ1n) is 6.31. The van der Waals surface area contributed by atoms with Gasteiger partial charge < -0.3 is 14.2 Å². The fourth-order valence-electron chi connectivity index (χ4n) is 1.88. The maximum absolute atomic E-state index is 12.0. The van der Waals surface area contributed by atoms with Crippen molar-refractivity contribution in [2.24, 2.45) is 0 Å². The molecule has 1 aliphatic rings. The molecule has 0 aromatic heterocycles. The van der Waals surface area contributed by atoms with Gasteiger partial charge in [0.1, 0.15) is 6.04 Å². The van der Waals surface area contributed by atoms with Gasteiger partial charge in [-0.1, -0.05) is 0 Å². The fraction of sp³-hybridized carbons (Fsp3) is 0.750. The number of carbonyl (C=O) groups is 3. The van der Waals surface area contributed by atoms with Crippen molar-refractivity contribution in [2.75, 3.05) is 20.3 Å². The van der Waals surface area contributed by atoms with Crippen LogP contribution in [0.5, 0.6) is 0 Å². The van der Waals surface area contributed by atoms with Crippen molar-refractivity contribution in [1.29, 1.82) is 0 Å². The SMILES string of the molecule is CCOC(=O)[C@@H]1C[C@](OC(C)=O)(C(=O)OCC)ON1C. The summed E-state index contributed by atoms with van der Waals surface area (Å²) in [5.74, 6) is -4.06. The van der Waals surface area contributed by atoms with Crippen molar-refractivity contribution >= 4 is 17.9 Å². The van der Waals surface area contributed by atoms with E-state index in [1.165, 1.54) is 7.05 Å². The zero-order valence-electron chi connectivity index (χ0n) is 12.0. The Kier molecular flexibility index (Phi) is 5.46. The van der Waals surface area contributed by atoms with E-state index in [9.17, 15) is 14.4 Å². The summed E-state index contributed by atoms with van der Waals surface area (Å²) in [7, 11) is 1.45. The van der Waals surface area contributed by atoms with E-state index in [0.29, 0.717) is 0 Å². The van der Waals surface area contributed by atoms with Crippen molar-refractivity contribution in [3.05, 3.63) is 0 Å². The van der Waals surface area contributed by atoms with Crippen LogP contribution in [0.4, 0.5) is 0 Å². The molecule has 0 amide bonds. The van der Waals surface area contributed by atoms with Crippen LogP contribution in [0.15, 0.2) is 0 Å². The van der Waals surface area contributed by atoms with Crippen LogP contribution >= 0.6 is 0 Å². The van der Waals surface area contributed by atoms with E-state index < -0.39 is 29.7 Å². The zero-order chi connectivity index (χ0) is 15.3. The van der Waals surface area contributed by atoms with Crippen LogP contribution in [0, 0.1) is 0 Å². The standard InChI is InChI=1S/C12H19NO7/c1-5-17-10(15)9-7-12(19-8(3)14,20-13(9)4)11(16)18-6-2/h9H,5-7H2,1-4H3/t9-,12+/m0/s1. The van der Waals surface area contributed by atoms with Gasteiger partial charge in [0.2, 0.25) is 0 Å². The van der Waals surface area contributed by atoms with Crippen molar-refractivity contribution in [2.45, 2.75) is 39.0 Å². The van der Waals surface area contributed by atoms with E-state index in [2.05, 4.69) is 0 Å². The van der Waals surface area contributed by atoms with Gasteiger partial charge in [0.25, 0.3) is 0 Å². The highest BCUT2D eigenvalue weighted by Crippen LogP contribution is 2.33. The van der Waals surface area contributed by atoms with E-state index >= 15 is 0 Å². The summed E-state index contributed by atoms with van der Waals surface area (Å²) in [4.78, 5) is 40.2. The minimum absolute atomic E-state index is 0.0962. The van der Waals surface area contributed by atoms with Gasteiger partial charge in [-0.3, -0.25) is 9.59 Å². The molecule has 0 spiro atoms. The lowest BCUT2D eigenvalue weighted by atomic mass is 10.1. The number of likely N-dealkylation sites (N-methyl/N-ethyl adjacent to an activating group) is 1. The van der Waals surface area contributed by atoms with Gasteiger partial charge in [0.05, 0.1) is 19.6 Å². The molecular formula is C12H19NO7. The maximum atomic E-state index is 12.0. The Labute approximate surface area is 116 Å². The van der Waals surface area contributed by atoms with Gasteiger partial charge >= 0.3 is 23.7 Å². The molecule has 1 heterocycles. The number of hydrogen-bond acceptors (Lipinski definition) is 8. The van der Waals surface area contributed by atoms with Crippen LogP contribution in [0.25, 0.3) is 0 Å². The van der Waals surface area contributed by atoms with Crippen LogP contribution in [-0.4, -0.2) is 55.1 Å². The molecule has 1 saturated heterocycles. The van der Waals surface area contributed by atoms with Gasteiger partial charge in [-0.2, -0.15) is 5.06 Å². The summed E-state index contributed by atoms with van der Waals surface area (Å²) in [6, 6.07) is -0.848. The third kappa shape index (κ3) is 3.45. The summed E-state index contributed by atoms with van der Waals surface area (Å²) in [6.07, 6.45) is -0.180. The highest BCUT2D eigenvalue weighted by atomic mass is 16.8. The average molecular weight is 289 g/mol. The molecule has 8 heteroatoms. The van der Waals surface area contributed by atoms with Crippen molar-refractivity contribution in [3.8, 4) is 0 Å². The van der Waals surface area contributed by atoms with Gasteiger partial charge in [0.15, 0.2) is 0 Å². The topological polar surface area (TPSA) is 91.4 Å². The van der Waals surface area contributed by atoms with Crippen LogP contribution in [0.3, 0.4) is 0 Å². The molecule has 0 aliphatic carbocycles. The Morgan fingerprint density at radius 3 is 2.35 bits per heavy atom. The predicted molar refractivity (Wildman–Crippen MR) is 65.0 cm³/mol. The first-order chi connectivity index (χ1) is 9.36. The van der Waals surface area contributed by atoms with Gasteiger partial charge in [-0.05, 0) is 13.8 Å². The van der Waals surface area contributed by atoms with Crippen LogP contribution in [-0.2, 0) is 33.4 Å². The Morgan fingerprint density at radius 1 is 1.25 bits per heavy atom. The molecule has 2 atom stereocenters. The largest absolute Gasteiger partial charge is 0.465 e. The first-order valence-corrected chi connectivity index (χ1v) is 6.31. The molecule has 0 radical (unpaired) electrons. The van der Waals surface area contributed by atoms with Gasteiger partial charge in [-0.15, -0.1) is 0 Å². The van der Waals surface area contributed by atoms with E-state index in [-0.39, 0.29) is 19.6 Å². The Hall–Kier alpha value is -1.67. The maximum Gasteiger partial charge on any atom is 0.381 e. The second-order valence-electron chi connectivity index (χ2n) is 4.18. The molecule has 0 N–H and O–H groups in total. The highest BCUT2D eigenvalue weighted by Gasteiger charge is 2.57. The number of ether oxygens (including phenoxy) is 3. The molecule has 114 valence electrons. The first kappa shape index (κ1) is 16.4. The van der Waals surface area contributed by atoms with Crippen LogP contribution in [0.2, 0.25) is 0 Å². The molecular weight excluding hydrogens is 270 g/mol. The second kappa shape index (κ2) is 6.67. The van der Waals surface area contributed by atoms with E-state index in [1.807, 2.05) is 0 Å². The molecule has 0 aromatic rings. The van der Waals surface area contributed by atoms with E-state index in [4.69, 9.17) is 19.0 Å². The van der Waals surface area contributed by atoms with E-state index in [0.717, 1.165) is 12.0 Å². The molecule has 8 nitrogen and oxygen atoms in total. The van der Waals surface area contributed by atoms with Crippen molar-refractivity contribution < 1.29 is 33.4 Å². The molecule has 0 bridgehead atoms. The Bertz CT molecular complexity index is 397. The molecule has 20 heavy (non-hydrogen) atoms. The molecule has 1 aliphatic heterocycles. The molecule has 0 unspecified atom stereocenters. The normalized spacial score (nSPS) is 26.1. The van der Waals surface area contributed by atoms with Crippen LogP contribution < -0.4 is 0 Å². The minimum atomic E-state index is -1.94. The highest BCUT2D eigenvalue weighted by molar-refractivity contribution is 5.84. The number of carbonyl (C=O) groups excluding carboxylic acids is 3. The summed E-state index contributed by atoms with van der Waals surface area (Å²) in [5.41, 5.74) is 0.